The first-order chi connectivity index (χ1) is 11.8. The molecule has 0 saturated carbocycles. The largest absolute Gasteiger partial charge is 0.493 e. The van der Waals surface area contributed by atoms with Crippen molar-refractivity contribution in [1.29, 1.82) is 0 Å². The molecule has 1 amide bonds. The van der Waals surface area contributed by atoms with Gasteiger partial charge in [-0.2, -0.15) is 13.2 Å². The van der Waals surface area contributed by atoms with E-state index >= 15 is 0 Å². The maximum atomic E-state index is 12.6. The molecule has 1 aliphatic heterocycles. The van der Waals surface area contributed by atoms with Crippen LogP contribution in [-0.2, 0) is 17.4 Å². The van der Waals surface area contributed by atoms with E-state index in [9.17, 15) is 18.0 Å². The van der Waals surface area contributed by atoms with Crippen LogP contribution in [0.15, 0.2) is 46.9 Å². The van der Waals surface area contributed by atoms with E-state index < -0.39 is 11.7 Å². The number of ether oxygens (including phenoxy) is 1. The molecule has 7 heteroatoms. The van der Waals surface area contributed by atoms with Gasteiger partial charge in [0.2, 0.25) is 5.91 Å². The van der Waals surface area contributed by atoms with Crippen molar-refractivity contribution in [3.8, 4) is 5.75 Å². The third-order valence-electron chi connectivity index (χ3n) is 3.99. The Balaban J connectivity index is 1.67. The van der Waals surface area contributed by atoms with Gasteiger partial charge in [-0.05, 0) is 35.9 Å². The number of rotatable bonds is 3. The minimum absolute atomic E-state index is 0.0266. The molecule has 132 valence electrons. The first-order valence-corrected chi connectivity index (χ1v) is 8.50. The molecular formula is C18H15BrF3NO2. The fourth-order valence-electron chi connectivity index (χ4n) is 2.76. The zero-order chi connectivity index (χ0) is 18.0. The second kappa shape index (κ2) is 7.07. The number of carbonyl (C=O) groups is 1. The molecule has 0 radical (unpaired) electrons. The van der Waals surface area contributed by atoms with E-state index in [0.717, 1.165) is 27.9 Å². The summed E-state index contributed by atoms with van der Waals surface area (Å²) in [6.45, 7) is 0.500. The van der Waals surface area contributed by atoms with E-state index in [4.69, 9.17) is 4.74 Å². The predicted molar refractivity (Wildman–Crippen MR) is 90.3 cm³/mol. The molecule has 0 fully saturated rings. The number of alkyl halides is 3. The Kier molecular flexibility index (Phi) is 5.03. The van der Waals surface area contributed by atoms with Crippen molar-refractivity contribution in [3.05, 3.63) is 63.6 Å². The summed E-state index contributed by atoms with van der Waals surface area (Å²) in [7, 11) is 0. The highest BCUT2D eigenvalue weighted by Crippen LogP contribution is 2.34. The molecule has 0 aromatic heterocycles. The summed E-state index contributed by atoms with van der Waals surface area (Å²) in [5, 5.41) is 2.93. The molecule has 2 aromatic rings. The van der Waals surface area contributed by atoms with Crippen molar-refractivity contribution < 1.29 is 22.7 Å². The Morgan fingerprint density at radius 3 is 2.60 bits per heavy atom. The summed E-state index contributed by atoms with van der Waals surface area (Å²) >= 11 is 3.40. The molecule has 1 N–H and O–H groups in total. The summed E-state index contributed by atoms with van der Waals surface area (Å²) in [5.74, 6) is 0.492. The number of carbonyl (C=O) groups excluding carboxylic acids is 1. The fraction of sp³-hybridized carbons (Fsp3) is 0.278. The fourth-order valence-corrected chi connectivity index (χ4v) is 3.14. The van der Waals surface area contributed by atoms with Crippen LogP contribution < -0.4 is 10.1 Å². The van der Waals surface area contributed by atoms with Gasteiger partial charge < -0.3 is 10.1 Å². The third-order valence-corrected chi connectivity index (χ3v) is 4.49. The summed E-state index contributed by atoms with van der Waals surface area (Å²) < 4.78 is 44.2. The van der Waals surface area contributed by atoms with Crippen molar-refractivity contribution in [2.75, 3.05) is 6.61 Å². The van der Waals surface area contributed by atoms with Crippen LogP contribution in [0.3, 0.4) is 0 Å². The van der Waals surface area contributed by atoms with Crippen LogP contribution in [0.25, 0.3) is 0 Å². The molecule has 1 aliphatic rings. The average molecular weight is 414 g/mol. The maximum absolute atomic E-state index is 12.6. The maximum Gasteiger partial charge on any atom is 0.416 e. The van der Waals surface area contributed by atoms with Crippen LogP contribution in [0.1, 0.15) is 29.2 Å². The van der Waals surface area contributed by atoms with Gasteiger partial charge in [0.25, 0.3) is 0 Å². The molecule has 3 rings (SSSR count). The average Bonchev–Trinajstić information content (AvgIpc) is 2.55. The topological polar surface area (TPSA) is 38.3 Å². The summed E-state index contributed by atoms with van der Waals surface area (Å²) in [4.78, 5) is 12.3. The molecule has 1 heterocycles. The van der Waals surface area contributed by atoms with E-state index in [1.54, 1.807) is 0 Å². The van der Waals surface area contributed by atoms with Crippen molar-refractivity contribution in [3.63, 3.8) is 0 Å². The Bertz CT molecular complexity index is 775. The van der Waals surface area contributed by atoms with Crippen molar-refractivity contribution in [1.82, 2.24) is 5.32 Å². The van der Waals surface area contributed by atoms with E-state index in [-0.39, 0.29) is 18.4 Å². The number of halogens is 4. The third kappa shape index (κ3) is 4.34. The number of hydrogen-bond acceptors (Lipinski definition) is 2. The summed E-state index contributed by atoms with van der Waals surface area (Å²) in [6, 6.07) is 10.1. The molecule has 2 aromatic carbocycles. The molecule has 0 aliphatic carbocycles. The minimum Gasteiger partial charge on any atom is -0.493 e. The smallest absolute Gasteiger partial charge is 0.416 e. The van der Waals surface area contributed by atoms with Crippen molar-refractivity contribution in [2.45, 2.75) is 25.1 Å². The summed E-state index contributed by atoms with van der Waals surface area (Å²) in [5.41, 5.74) is 0.702. The molecule has 1 atom stereocenters. The predicted octanol–water partition coefficient (Wildman–Crippen LogP) is 4.65. The minimum atomic E-state index is -4.38. The molecular weight excluding hydrogens is 399 g/mol. The number of hydrogen-bond donors (Lipinski definition) is 1. The lowest BCUT2D eigenvalue weighted by Gasteiger charge is -2.27. The van der Waals surface area contributed by atoms with Gasteiger partial charge in [-0.15, -0.1) is 0 Å². The Morgan fingerprint density at radius 2 is 1.92 bits per heavy atom. The van der Waals surface area contributed by atoms with Crippen molar-refractivity contribution >= 4 is 21.8 Å². The molecule has 3 nitrogen and oxygen atoms in total. The molecule has 0 spiro atoms. The SMILES string of the molecule is O=C(Cc1ccc(C(F)(F)F)cc1)NC1CCOc2ccc(Br)cc21. The van der Waals surface area contributed by atoms with Gasteiger partial charge in [-0.1, -0.05) is 28.1 Å². The Morgan fingerprint density at radius 1 is 1.20 bits per heavy atom. The van der Waals surface area contributed by atoms with Crippen molar-refractivity contribution in [2.24, 2.45) is 0 Å². The standard InChI is InChI=1S/C18H15BrF3NO2/c19-13-5-6-16-14(10-13)15(7-8-25-16)23-17(24)9-11-1-3-12(4-2-11)18(20,21)22/h1-6,10,15H,7-9H2,(H,23,24). The molecule has 0 bridgehead atoms. The quantitative estimate of drug-likeness (QED) is 0.794. The highest BCUT2D eigenvalue weighted by Gasteiger charge is 2.30. The van der Waals surface area contributed by atoms with Crippen LogP contribution in [0.4, 0.5) is 13.2 Å². The lowest BCUT2D eigenvalue weighted by Crippen LogP contribution is -2.33. The normalized spacial score (nSPS) is 16.7. The second-order valence-electron chi connectivity index (χ2n) is 5.81. The van der Waals surface area contributed by atoms with Gasteiger partial charge in [0.05, 0.1) is 24.6 Å². The Hall–Kier alpha value is -2.02. The lowest BCUT2D eigenvalue weighted by molar-refractivity contribution is -0.137. The van der Waals surface area contributed by atoms with Gasteiger partial charge in [-0.3, -0.25) is 4.79 Å². The first-order valence-electron chi connectivity index (χ1n) is 7.70. The highest BCUT2D eigenvalue weighted by atomic mass is 79.9. The monoisotopic (exact) mass is 413 g/mol. The van der Waals surface area contributed by atoms with E-state index in [0.29, 0.717) is 18.6 Å². The summed E-state index contributed by atoms with van der Waals surface area (Å²) in [6.07, 6.45) is -3.71. The molecule has 0 saturated heterocycles. The van der Waals surface area contributed by atoms with Crippen LogP contribution >= 0.6 is 15.9 Å². The number of amides is 1. The first kappa shape index (κ1) is 17.8. The number of fused-ring (bicyclic) bond motifs is 1. The van der Waals surface area contributed by atoms with Gasteiger partial charge >= 0.3 is 6.18 Å². The van der Waals surface area contributed by atoms with Crippen LogP contribution in [0.2, 0.25) is 0 Å². The van der Waals surface area contributed by atoms with Gasteiger partial charge in [0.1, 0.15) is 5.75 Å². The highest BCUT2D eigenvalue weighted by molar-refractivity contribution is 9.10. The van der Waals surface area contributed by atoms with E-state index in [1.165, 1.54) is 12.1 Å². The Labute approximate surface area is 151 Å². The lowest BCUT2D eigenvalue weighted by atomic mass is 10.00. The van der Waals surface area contributed by atoms with Gasteiger partial charge in [0, 0.05) is 16.5 Å². The van der Waals surface area contributed by atoms with Crippen LogP contribution in [0.5, 0.6) is 5.75 Å². The van der Waals surface area contributed by atoms with E-state index in [1.807, 2.05) is 18.2 Å². The van der Waals surface area contributed by atoms with Gasteiger partial charge in [-0.25, -0.2) is 0 Å². The van der Waals surface area contributed by atoms with Crippen LogP contribution in [-0.4, -0.2) is 12.5 Å². The van der Waals surface area contributed by atoms with E-state index in [2.05, 4.69) is 21.2 Å². The zero-order valence-corrected chi connectivity index (χ0v) is 14.7. The molecule has 1 unspecified atom stereocenters. The number of benzene rings is 2. The van der Waals surface area contributed by atoms with Gasteiger partial charge in [0.15, 0.2) is 0 Å². The molecule has 25 heavy (non-hydrogen) atoms. The zero-order valence-electron chi connectivity index (χ0n) is 13.1. The second-order valence-corrected chi connectivity index (χ2v) is 6.73. The van der Waals surface area contributed by atoms with Crippen LogP contribution in [0, 0.1) is 0 Å². The number of nitrogens with one attached hydrogen (secondary N) is 1.